The van der Waals surface area contributed by atoms with E-state index in [4.69, 9.17) is 11.6 Å². The summed E-state index contributed by atoms with van der Waals surface area (Å²) in [4.78, 5) is 10.8. The third-order valence-corrected chi connectivity index (χ3v) is 4.90. The molecular formula is C17H21ClN6O. The maximum Gasteiger partial charge on any atom is 0.204 e. The van der Waals surface area contributed by atoms with Crippen LogP contribution in [-0.2, 0) is 6.54 Å². The average molecular weight is 361 g/mol. The fourth-order valence-corrected chi connectivity index (χ4v) is 3.58. The predicted octanol–water partition coefficient (Wildman–Crippen LogP) is 2.00. The summed E-state index contributed by atoms with van der Waals surface area (Å²) >= 11 is 6.03. The third kappa shape index (κ3) is 3.63. The van der Waals surface area contributed by atoms with Gasteiger partial charge in [-0.3, -0.25) is 0 Å². The predicted molar refractivity (Wildman–Crippen MR) is 98.8 cm³/mol. The van der Waals surface area contributed by atoms with Crippen molar-refractivity contribution in [3.05, 3.63) is 41.2 Å². The Bertz CT molecular complexity index is 750. The van der Waals surface area contributed by atoms with Crippen LogP contribution in [0, 0.1) is 0 Å². The van der Waals surface area contributed by atoms with E-state index in [0.717, 1.165) is 49.0 Å². The molecule has 1 atom stereocenters. The molecule has 0 amide bonds. The van der Waals surface area contributed by atoms with Crippen LogP contribution in [0.1, 0.15) is 18.4 Å². The summed E-state index contributed by atoms with van der Waals surface area (Å²) < 4.78 is 0. The second-order valence-corrected chi connectivity index (χ2v) is 6.82. The first-order valence-electron chi connectivity index (χ1n) is 8.48. The van der Waals surface area contributed by atoms with E-state index in [2.05, 4.69) is 36.9 Å². The van der Waals surface area contributed by atoms with E-state index >= 15 is 0 Å². The summed E-state index contributed by atoms with van der Waals surface area (Å²) in [6.45, 7) is 2.65. The summed E-state index contributed by atoms with van der Waals surface area (Å²) in [6.07, 6.45) is 2.80. The fourth-order valence-electron chi connectivity index (χ4n) is 3.37. The number of aliphatic hydroxyl groups is 1. The summed E-state index contributed by atoms with van der Waals surface area (Å²) in [6, 6.07) is 8.43. The van der Waals surface area contributed by atoms with Crippen molar-refractivity contribution in [2.24, 2.45) is 0 Å². The number of halogens is 1. The first kappa shape index (κ1) is 16.4. The Morgan fingerprint density at radius 3 is 2.88 bits per heavy atom. The minimum absolute atomic E-state index is 0.474. The molecule has 2 aromatic rings. The molecule has 0 aliphatic carbocycles. The molecule has 0 spiro atoms. The topological polar surface area (TPSA) is 85.3 Å². The molecule has 132 valence electrons. The Morgan fingerprint density at radius 1 is 1.24 bits per heavy atom. The number of nitrogens with zero attached hydrogens (tertiary/aromatic N) is 3. The SMILES string of the molecule is OC1Nc2ncnc(N3CCC(NCc4cccc(Cl)c4)CC3)c2N1. The Morgan fingerprint density at radius 2 is 2.08 bits per heavy atom. The summed E-state index contributed by atoms with van der Waals surface area (Å²) in [7, 11) is 0. The Balaban J connectivity index is 1.34. The summed E-state index contributed by atoms with van der Waals surface area (Å²) in [5.41, 5.74) is 1.98. The van der Waals surface area contributed by atoms with Crippen molar-refractivity contribution in [2.75, 3.05) is 28.6 Å². The summed E-state index contributed by atoms with van der Waals surface area (Å²) in [5.74, 6) is 1.50. The van der Waals surface area contributed by atoms with Crippen molar-refractivity contribution in [3.8, 4) is 0 Å². The number of hydrogen-bond donors (Lipinski definition) is 4. The van der Waals surface area contributed by atoms with Crippen LogP contribution in [0.15, 0.2) is 30.6 Å². The molecule has 25 heavy (non-hydrogen) atoms. The number of nitrogens with one attached hydrogen (secondary N) is 3. The molecule has 1 saturated heterocycles. The van der Waals surface area contributed by atoms with Gasteiger partial charge in [-0.1, -0.05) is 23.7 Å². The molecule has 1 aromatic heterocycles. The number of aromatic nitrogens is 2. The molecule has 4 N–H and O–H groups in total. The van der Waals surface area contributed by atoms with E-state index < -0.39 is 6.35 Å². The smallest absolute Gasteiger partial charge is 0.204 e. The van der Waals surface area contributed by atoms with Gasteiger partial charge in [-0.05, 0) is 30.5 Å². The van der Waals surface area contributed by atoms with Crippen LogP contribution >= 0.6 is 11.6 Å². The maximum absolute atomic E-state index is 9.69. The van der Waals surface area contributed by atoms with E-state index in [1.54, 1.807) is 0 Å². The third-order valence-electron chi connectivity index (χ3n) is 4.66. The zero-order valence-corrected chi connectivity index (χ0v) is 14.5. The highest BCUT2D eigenvalue weighted by Crippen LogP contribution is 2.35. The van der Waals surface area contributed by atoms with Gasteiger partial charge in [0.15, 0.2) is 11.6 Å². The largest absolute Gasteiger partial charge is 0.357 e. The molecule has 4 rings (SSSR count). The van der Waals surface area contributed by atoms with Crippen LogP contribution in [0.2, 0.25) is 5.02 Å². The van der Waals surface area contributed by atoms with Gasteiger partial charge >= 0.3 is 0 Å². The molecule has 1 fully saturated rings. The first-order chi connectivity index (χ1) is 12.2. The average Bonchev–Trinajstić information content (AvgIpc) is 3.01. The first-order valence-corrected chi connectivity index (χ1v) is 8.86. The van der Waals surface area contributed by atoms with Crippen molar-refractivity contribution in [3.63, 3.8) is 0 Å². The lowest BCUT2D eigenvalue weighted by Gasteiger charge is -2.34. The quantitative estimate of drug-likeness (QED) is 0.663. The number of piperidine rings is 1. The van der Waals surface area contributed by atoms with Crippen molar-refractivity contribution < 1.29 is 5.11 Å². The highest BCUT2D eigenvalue weighted by molar-refractivity contribution is 6.30. The van der Waals surface area contributed by atoms with Crippen LogP contribution < -0.4 is 20.9 Å². The van der Waals surface area contributed by atoms with Crippen molar-refractivity contribution in [1.29, 1.82) is 0 Å². The van der Waals surface area contributed by atoms with Crippen molar-refractivity contribution >= 4 is 28.9 Å². The fraction of sp³-hybridized carbons (Fsp3) is 0.412. The standard InChI is InChI=1S/C17H21ClN6O/c18-12-3-1-2-11(8-12)9-19-13-4-6-24(7-5-13)16-14-15(20-10-21-16)23-17(25)22-14/h1-3,8,10,13,17,19,22,25H,4-7,9H2,(H,20,21,23). The Labute approximate surface area is 151 Å². The number of benzene rings is 1. The second kappa shape index (κ2) is 7.03. The van der Waals surface area contributed by atoms with Gasteiger partial charge in [-0.2, -0.15) is 0 Å². The lowest BCUT2D eigenvalue weighted by Crippen LogP contribution is -2.42. The highest BCUT2D eigenvalue weighted by Gasteiger charge is 2.27. The number of aliphatic hydroxyl groups excluding tert-OH is 1. The van der Waals surface area contributed by atoms with Gasteiger partial charge in [-0.15, -0.1) is 0 Å². The van der Waals surface area contributed by atoms with Gasteiger partial charge in [0.25, 0.3) is 0 Å². The molecule has 0 radical (unpaired) electrons. The maximum atomic E-state index is 9.69. The molecule has 1 aromatic carbocycles. The zero-order chi connectivity index (χ0) is 17.2. The zero-order valence-electron chi connectivity index (χ0n) is 13.7. The molecular weight excluding hydrogens is 340 g/mol. The van der Waals surface area contributed by atoms with Gasteiger partial charge in [-0.25, -0.2) is 9.97 Å². The monoisotopic (exact) mass is 360 g/mol. The number of anilines is 3. The van der Waals surface area contributed by atoms with Crippen LogP contribution in [0.4, 0.5) is 17.3 Å². The normalized spacial score (nSPS) is 20.1. The van der Waals surface area contributed by atoms with Crippen molar-refractivity contribution in [2.45, 2.75) is 31.8 Å². The van der Waals surface area contributed by atoms with Gasteiger partial charge in [0.2, 0.25) is 6.35 Å². The van der Waals surface area contributed by atoms with E-state index in [1.807, 2.05) is 18.2 Å². The highest BCUT2D eigenvalue weighted by atomic mass is 35.5. The minimum atomic E-state index is -0.803. The van der Waals surface area contributed by atoms with E-state index in [1.165, 1.54) is 11.9 Å². The van der Waals surface area contributed by atoms with E-state index in [-0.39, 0.29) is 0 Å². The number of fused-ring (bicyclic) bond motifs is 1. The van der Waals surface area contributed by atoms with Gasteiger partial charge in [0, 0.05) is 30.7 Å². The molecule has 1 unspecified atom stereocenters. The van der Waals surface area contributed by atoms with Crippen LogP contribution in [0.3, 0.4) is 0 Å². The second-order valence-electron chi connectivity index (χ2n) is 6.38. The van der Waals surface area contributed by atoms with Crippen LogP contribution in [0.5, 0.6) is 0 Å². The molecule has 0 saturated carbocycles. The molecule has 3 heterocycles. The lowest BCUT2D eigenvalue weighted by atomic mass is 10.0. The molecule has 8 heteroatoms. The Hall–Kier alpha value is -2.09. The molecule has 0 bridgehead atoms. The molecule has 7 nitrogen and oxygen atoms in total. The van der Waals surface area contributed by atoms with Gasteiger partial charge in [0.05, 0.1) is 0 Å². The lowest BCUT2D eigenvalue weighted by molar-refractivity contribution is 0.238. The number of rotatable bonds is 4. The van der Waals surface area contributed by atoms with E-state index in [9.17, 15) is 5.11 Å². The van der Waals surface area contributed by atoms with E-state index in [0.29, 0.717) is 11.9 Å². The Kier molecular flexibility index (Phi) is 4.61. The number of hydrogen-bond acceptors (Lipinski definition) is 7. The van der Waals surface area contributed by atoms with Gasteiger partial charge in [0.1, 0.15) is 12.0 Å². The van der Waals surface area contributed by atoms with Crippen LogP contribution in [0.25, 0.3) is 0 Å². The summed E-state index contributed by atoms with van der Waals surface area (Å²) in [5, 5.41) is 19.9. The minimum Gasteiger partial charge on any atom is -0.357 e. The molecule has 2 aliphatic rings. The van der Waals surface area contributed by atoms with Crippen molar-refractivity contribution in [1.82, 2.24) is 15.3 Å². The van der Waals surface area contributed by atoms with Gasteiger partial charge < -0.3 is 26.0 Å². The molecule has 2 aliphatic heterocycles. The van der Waals surface area contributed by atoms with Crippen LogP contribution in [-0.4, -0.2) is 40.6 Å².